The molecule has 0 unspecified atom stereocenters. The van der Waals surface area contributed by atoms with Crippen LogP contribution in [0.5, 0.6) is 0 Å². The summed E-state index contributed by atoms with van der Waals surface area (Å²) in [5, 5.41) is 4.30. The van der Waals surface area contributed by atoms with E-state index in [-0.39, 0.29) is 11.5 Å². The van der Waals surface area contributed by atoms with E-state index < -0.39 is 0 Å². The van der Waals surface area contributed by atoms with E-state index in [1.165, 1.54) is 5.56 Å². The van der Waals surface area contributed by atoms with Crippen LogP contribution >= 0.6 is 23.2 Å². The van der Waals surface area contributed by atoms with Gasteiger partial charge in [0.15, 0.2) is 0 Å². The Hall–Kier alpha value is -1.06. The van der Waals surface area contributed by atoms with Crippen molar-refractivity contribution in [3.8, 4) is 0 Å². The summed E-state index contributed by atoms with van der Waals surface area (Å²) in [4.78, 5) is 4.40. The van der Waals surface area contributed by atoms with Crippen molar-refractivity contribution in [2.45, 2.75) is 38.6 Å². The van der Waals surface area contributed by atoms with Crippen LogP contribution in [0.15, 0.2) is 30.6 Å². The summed E-state index contributed by atoms with van der Waals surface area (Å²) in [7, 11) is 0. The molecule has 3 nitrogen and oxygen atoms in total. The van der Waals surface area contributed by atoms with Gasteiger partial charge in [0.2, 0.25) is 0 Å². The number of benzene rings is 1. The Labute approximate surface area is 136 Å². The minimum atomic E-state index is -0.325. The van der Waals surface area contributed by atoms with Crippen LogP contribution in [0.4, 0.5) is 0 Å². The van der Waals surface area contributed by atoms with Gasteiger partial charge in [0.25, 0.3) is 0 Å². The second-order valence-corrected chi connectivity index (χ2v) is 6.34. The second kappa shape index (κ2) is 6.80. The molecule has 114 valence electrons. The van der Waals surface area contributed by atoms with Crippen molar-refractivity contribution in [3.63, 3.8) is 0 Å². The molecule has 0 saturated carbocycles. The third-order valence-electron chi connectivity index (χ3n) is 3.77. The van der Waals surface area contributed by atoms with E-state index in [2.05, 4.69) is 49.1 Å². The third-order valence-corrected chi connectivity index (χ3v) is 4.80. The van der Waals surface area contributed by atoms with Crippen molar-refractivity contribution in [3.05, 3.63) is 47.5 Å². The first kappa shape index (κ1) is 16.3. The molecule has 1 aromatic heterocycles. The summed E-state index contributed by atoms with van der Waals surface area (Å²) >= 11 is 12.6. The number of rotatable bonds is 6. The lowest BCUT2D eigenvalue weighted by Crippen LogP contribution is -2.35. The van der Waals surface area contributed by atoms with E-state index in [9.17, 15) is 0 Å². The fourth-order valence-corrected chi connectivity index (χ4v) is 3.28. The van der Waals surface area contributed by atoms with Gasteiger partial charge in [0.05, 0.1) is 0 Å². The zero-order chi connectivity index (χ0) is 15.5. The van der Waals surface area contributed by atoms with Gasteiger partial charge < -0.3 is 0 Å². The number of nitrogens with zero attached hydrogens (tertiary/aromatic N) is 3. The third kappa shape index (κ3) is 3.41. The summed E-state index contributed by atoms with van der Waals surface area (Å²) in [5.74, 6) is 1.82. The monoisotopic (exact) mass is 325 g/mol. The second-order valence-electron chi connectivity index (χ2n) is 5.81. The van der Waals surface area contributed by atoms with Gasteiger partial charge in [-0.05, 0) is 26.3 Å². The molecule has 2 aromatic rings. The van der Waals surface area contributed by atoms with Gasteiger partial charge in [0.1, 0.15) is 12.2 Å². The lowest BCUT2D eigenvalue weighted by Gasteiger charge is -2.30. The zero-order valence-electron chi connectivity index (χ0n) is 12.7. The summed E-state index contributed by atoms with van der Waals surface area (Å²) in [6.07, 6.45) is 2.28. The first-order valence-electron chi connectivity index (χ1n) is 7.10. The van der Waals surface area contributed by atoms with Crippen LogP contribution < -0.4 is 0 Å². The molecule has 0 aliphatic carbocycles. The SMILES string of the molecule is Cc1cccc(C(CCl)(CCl)Cc2ncnn2C(C)C)c1. The van der Waals surface area contributed by atoms with Crippen LogP contribution in [-0.2, 0) is 11.8 Å². The molecule has 0 aliphatic rings. The standard InChI is InChI=1S/C16H21Cl2N3/c1-12(2)21-15(19-11-20-21)8-16(9-17,10-18)14-6-4-5-13(3)7-14/h4-7,11-12H,8-10H2,1-3H3. The smallest absolute Gasteiger partial charge is 0.138 e. The molecular weight excluding hydrogens is 305 g/mol. The van der Waals surface area contributed by atoms with Crippen molar-refractivity contribution in [1.82, 2.24) is 14.8 Å². The Morgan fingerprint density at radius 3 is 2.52 bits per heavy atom. The average Bonchev–Trinajstić information content (AvgIpc) is 2.93. The number of hydrogen-bond donors (Lipinski definition) is 0. The predicted octanol–water partition coefficient (Wildman–Crippen LogP) is 4.13. The predicted molar refractivity (Wildman–Crippen MR) is 88.4 cm³/mol. The number of halogens is 2. The van der Waals surface area contributed by atoms with E-state index in [1.54, 1.807) is 6.33 Å². The molecule has 0 fully saturated rings. The minimum absolute atomic E-state index is 0.267. The molecule has 5 heteroatoms. The van der Waals surface area contributed by atoms with Gasteiger partial charge >= 0.3 is 0 Å². The van der Waals surface area contributed by atoms with Crippen LogP contribution in [-0.4, -0.2) is 26.5 Å². The Balaban J connectivity index is 2.41. The van der Waals surface area contributed by atoms with Crippen molar-refractivity contribution < 1.29 is 0 Å². The number of aryl methyl sites for hydroxylation is 1. The molecule has 0 amide bonds. The first-order valence-corrected chi connectivity index (χ1v) is 8.17. The zero-order valence-corrected chi connectivity index (χ0v) is 14.2. The van der Waals surface area contributed by atoms with Crippen molar-refractivity contribution in [2.24, 2.45) is 0 Å². The lowest BCUT2D eigenvalue weighted by atomic mass is 9.80. The molecule has 1 aromatic carbocycles. The number of hydrogen-bond acceptors (Lipinski definition) is 2. The fraction of sp³-hybridized carbons (Fsp3) is 0.500. The number of alkyl halides is 2. The van der Waals surface area contributed by atoms with Crippen LogP contribution in [0.25, 0.3) is 0 Å². The van der Waals surface area contributed by atoms with Gasteiger partial charge in [-0.3, -0.25) is 0 Å². The fourth-order valence-electron chi connectivity index (χ4n) is 2.50. The Morgan fingerprint density at radius 2 is 1.95 bits per heavy atom. The van der Waals surface area contributed by atoms with Crippen LogP contribution in [0, 0.1) is 6.92 Å². The van der Waals surface area contributed by atoms with Crippen LogP contribution in [0.3, 0.4) is 0 Å². The molecule has 0 atom stereocenters. The van der Waals surface area contributed by atoms with Crippen LogP contribution in [0.2, 0.25) is 0 Å². The molecule has 1 heterocycles. The summed E-state index contributed by atoms with van der Waals surface area (Å²) < 4.78 is 1.93. The lowest BCUT2D eigenvalue weighted by molar-refractivity contribution is 0.454. The molecule has 0 saturated heterocycles. The van der Waals surface area contributed by atoms with Gasteiger partial charge in [-0.15, -0.1) is 23.2 Å². The molecule has 0 N–H and O–H groups in total. The van der Waals surface area contributed by atoms with Crippen molar-refractivity contribution in [1.29, 1.82) is 0 Å². The highest BCUT2D eigenvalue weighted by molar-refractivity contribution is 6.22. The molecular formula is C16H21Cl2N3. The highest BCUT2D eigenvalue weighted by Gasteiger charge is 2.33. The normalized spacial score (nSPS) is 12.1. The maximum absolute atomic E-state index is 6.32. The van der Waals surface area contributed by atoms with Gasteiger partial charge in [0, 0.05) is 29.6 Å². The molecule has 0 spiro atoms. The molecule has 0 bridgehead atoms. The van der Waals surface area contributed by atoms with Gasteiger partial charge in [-0.25, -0.2) is 9.67 Å². The summed E-state index contributed by atoms with van der Waals surface area (Å²) in [6, 6.07) is 8.64. The van der Waals surface area contributed by atoms with Gasteiger partial charge in [-0.1, -0.05) is 29.8 Å². The maximum atomic E-state index is 6.32. The highest BCUT2D eigenvalue weighted by atomic mass is 35.5. The van der Waals surface area contributed by atoms with Crippen molar-refractivity contribution >= 4 is 23.2 Å². The summed E-state index contributed by atoms with van der Waals surface area (Å²) in [5.41, 5.74) is 2.04. The van der Waals surface area contributed by atoms with Gasteiger partial charge in [-0.2, -0.15) is 5.10 Å². The van der Waals surface area contributed by atoms with E-state index in [0.717, 1.165) is 11.4 Å². The molecule has 2 rings (SSSR count). The molecule has 0 radical (unpaired) electrons. The first-order chi connectivity index (χ1) is 10.0. The Morgan fingerprint density at radius 1 is 1.24 bits per heavy atom. The molecule has 0 aliphatic heterocycles. The minimum Gasteiger partial charge on any atom is -0.248 e. The topological polar surface area (TPSA) is 30.7 Å². The largest absolute Gasteiger partial charge is 0.248 e. The van der Waals surface area contributed by atoms with E-state index in [4.69, 9.17) is 23.2 Å². The van der Waals surface area contributed by atoms with E-state index in [0.29, 0.717) is 18.2 Å². The average molecular weight is 326 g/mol. The van der Waals surface area contributed by atoms with E-state index >= 15 is 0 Å². The summed E-state index contributed by atoms with van der Waals surface area (Å²) in [6.45, 7) is 6.26. The quantitative estimate of drug-likeness (QED) is 0.748. The molecule has 21 heavy (non-hydrogen) atoms. The Bertz CT molecular complexity index is 589. The van der Waals surface area contributed by atoms with E-state index in [1.807, 2.05) is 10.7 Å². The van der Waals surface area contributed by atoms with Crippen LogP contribution in [0.1, 0.15) is 36.8 Å². The van der Waals surface area contributed by atoms with Crippen molar-refractivity contribution in [2.75, 3.05) is 11.8 Å². The maximum Gasteiger partial charge on any atom is 0.138 e. The Kier molecular flexibility index (Phi) is 5.28. The highest BCUT2D eigenvalue weighted by Crippen LogP contribution is 2.32. The number of aromatic nitrogens is 3.